The molecule has 0 heterocycles. The zero-order chi connectivity index (χ0) is 17.6. The Labute approximate surface area is 138 Å². The fraction of sp³-hybridized carbons (Fsp3) is 0.421. The number of hydrogen-bond donors (Lipinski definition) is 2. The van der Waals surface area contributed by atoms with Crippen LogP contribution < -0.4 is 5.32 Å². The van der Waals surface area contributed by atoms with Gasteiger partial charge in [0.25, 0.3) is 0 Å². The van der Waals surface area contributed by atoms with Crippen molar-refractivity contribution in [2.24, 2.45) is 0 Å². The average Bonchev–Trinajstić information content (AvgIpc) is 2.40. The topological polar surface area (TPSA) is 58.6 Å². The van der Waals surface area contributed by atoms with Gasteiger partial charge in [0.15, 0.2) is 0 Å². The molecule has 23 heavy (non-hydrogen) atoms. The van der Waals surface area contributed by atoms with E-state index in [-0.39, 0.29) is 5.76 Å². The van der Waals surface area contributed by atoms with E-state index in [1.807, 2.05) is 65.0 Å². The lowest BCUT2D eigenvalue weighted by molar-refractivity contribution is 0.0523. The molecule has 0 fully saturated rings. The molecule has 1 amide bonds. The summed E-state index contributed by atoms with van der Waals surface area (Å²) >= 11 is 0. The molecular weight excluding hydrogens is 290 g/mol. The number of allylic oxidation sites excluding steroid dienone is 4. The van der Waals surface area contributed by atoms with Crippen molar-refractivity contribution in [3.63, 3.8) is 0 Å². The van der Waals surface area contributed by atoms with Gasteiger partial charge >= 0.3 is 6.09 Å². The van der Waals surface area contributed by atoms with Gasteiger partial charge in [0.1, 0.15) is 5.60 Å². The Morgan fingerprint density at radius 3 is 2.43 bits per heavy atom. The predicted molar refractivity (Wildman–Crippen MR) is 94.2 cm³/mol. The standard InChI is InChI=1S/C19H27NO3/c1-13(2)10-17(14(3)21)16-9-7-8-15(11-16)12-20-18(22)23-19(4,5)6/h7-11,21H,12H2,1-6H3,(H,20,22)/b17-14-. The summed E-state index contributed by atoms with van der Waals surface area (Å²) in [4.78, 5) is 11.7. The van der Waals surface area contributed by atoms with Crippen LogP contribution in [0.15, 0.2) is 41.7 Å². The number of carbonyl (C=O) groups excluding carboxylic acids is 1. The summed E-state index contributed by atoms with van der Waals surface area (Å²) in [6, 6.07) is 7.72. The van der Waals surface area contributed by atoms with E-state index in [1.165, 1.54) is 0 Å². The van der Waals surface area contributed by atoms with E-state index in [9.17, 15) is 9.90 Å². The monoisotopic (exact) mass is 317 g/mol. The number of amides is 1. The highest BCUT2D eigenvalue weighted by Crippen LogP contribution is 2.22. The summed E-state index contributed by atoms with van der Waals surface area (Å²) in [5, 5.41) is 12.6. The maximum Gasteiger partial charge on any atom is 0.407 e. The number of carbonyl (C=O) groups is 1. The van der Waals surface area contributed by atoms with Crippen LogP contribution in [0, 0.1) is 0 Å². The Morgan fingerprint density at radius 2 is 1.91 bits per heavy atom. The largest absolute Gasteiger partial charge is 0.512 e. The molecule has 0 radical (unpaired) electrons. The minimum Gasteiger partial charge on any atom is -0.512 e. The normalized spacial score (nSPS) is 12.3. The van der Waals surface area contributed by atoms with Crippen LogP contribution in [-0.2, 0) is 11.3 Å². The number of nitrogens with one attached hydrogen (secondary N) is 1. The number of benzene rings is 1. The molecule has 0 saturated carbocycles. The first kappa shape index (κ1) is 18.8. The van der Waals surface area contributed by atoms with E-state index in [1.54, 1.807) is 6.92 Å². The third-order valence-corrected chi connectivity index (χ3v) is 2.90. The Balaban J connectivity index is 2.87. The molecule has 0 bridgehead atoms. The van der Waals surface area contributed by atoms with Crippen molar-refractivity contribution in [1.29, 1.82) is 0 Å². The Bertz CT molecular complexity index is 614. The van der Waals surface area contributed by atoms with Gasteiger partial charge in [-0.25, -0.2) is 4.79 Å². The molecule has 0 atom stereocenters. The lowest BCUT2D eigenvalue weighted by Gasteiger charge is -2.19. The van der Waals surface area contributed by atoms with Gasteiger partial charge in [0.05, 0.1) is 5.76 Å². The number of ether oxygens (including phenoxy) is 1. The Hall–Kier alpha value is -2.23. The number of rotatable bonds is 4. The second kappa shape index (κ2) is 7.86. The van der Waals surface area contributed by atoms with Gasteiger partial charge in [-0.1, -0.05) is 29.8 Å². The van der Waals surface area contributed by atoms with Crippen molar-refractivity contribution in [1.82, 2.24) is 5.32 Å². The molecule has 0 aliphatic carbocycles. The molecule has 4 nitrogen and oxygen atoms in total. The van der Waals surface area contributed by atoms with Crippen LogP contribution in [0.25, 0.3) is 5.57 Å². The van der Waals surface area contributed by atoms with Crippen molar-refractivity contribution >= 4 is 11.7 Å². The van der Waals surface area contributed by atoms with Crippen LogP contribution >= 0.6 is 0 Å². The fourth-order valence-corrected chi connectivity index (χ4v) is 2.02. The van der Waals surface area contributed by atoms with Crippen LogP contribution in [-0.4, -0.2) is 16.8 Å². The second-order valence-electron chi connectivity index (χ2n) is 6.78. The summed E-state index contributed by atoms with van der Waals surface area (Å²) in [6.07, 6.45) is 1.50. The zero-order valence-corrected chi connectivity index (χ0v) is 14.9. The highest BCUT2D eigenvalue weighted by atomic mass is 16.6. The van der Waals surface area contributed by atoms with Crippen molar-refractivity contribution in [3.8, 4) is 0 Å². The molecule has 1 rings (SSSR count). The van der Waals surface area contributed by atoms with Crippen molar-refractivity contribution in [2.75, 3.05) is 0 Å². The van der Waals surface area contributed by atoms with Gasteiger partial charge in [-0.05, 0) is 58.7 Å². The van der Waals surface area contributed by atoms with Gasteiger partial charge in [0.2, 0.25) is 0 Å². The number of hydrogen-bond acceptors (Lipinski definition) is 3. The summed E-state index contributed by atoms with van der Waals surface area (Å²) in [5.74, 6) is 0.267. The molecule has 126 valence electrons. The highest BCUT2D eigenvalue weighted by Gasteiger charge is 2.15. The van der Waals surface area contributed by atoms with Gasteiger partial charge in [-0.2, -0.15) is 0 Å². The predicted octanol–water partition coefficient (Wildman–Crippen LogP) is 4.97. The number of alkyl carbamates (subject to hydrolysis) is 1. The number of aliphatic hydroxyl groups is 1. The average molecular weight is 317 g/mol. The first-order valence-electron chi connectivity index (χ1n) is 7.69. The zero-order valence-electron chi connectivity index (χ0n) is 14.9. The Morgan fingerprint density at radius 1 is 1.26 bits per heavy atom. The van der Waals surface area contributed by atoms with E-state index in [2.05, 4.69) is 5.32 Å². The van der Waals surface area contributed by atoms with Crippen molar-refractivity contribution < 1.29 is 14.6 Å². The van der Waals surface area contributed by atoms with Crippen LogP contribution in [0.3, 0.4) is 0 Å². The quantitative estimate of drug-likeness (QED) is 0.609. The van der Waals surface area contributed by atoms with E-state index in [4.69, 9.17) is 4.74 Å². The van der Waals surface area contributed by atoms with Crippen LogP contribution in [0.1, 0.15) is 52.7 Å². The van der Waals surface area contributed by atoms with Gasteiger partial charge < -0.3 is 15.2 Å². The third kappa shape index (κ3) is 7.04. The van der Waals surface area contributed by atoms with E-state index < -0.39 is 11.7 Å². The summed E-state index contributed by atoms with van der Waals surface area (Å²) in [6.45, 7) is 11.5. The maximum absolute atomic E-state index is 11.7. The first-order chi connectivity index (χ1) is 10.6. The summed E-state index contributed by atoms with van der Waals surface area (Å²) in [7, 11) is 0. The van der Waals surface area contributed by atoms with Gasteiger partial charge in [-0.15, -0.1) is 0 Å². The van der Waals surface area contributed by atoms with E-state index in [0.717, 1.165) is 22.3 Å². The second-order valence-corrected chi connectivity index (χ2v) is 6.78. The van der Waals surface area contributed by atoms with Crippen molar-refractivity contribution in [2.45, 2.75) is 53.7 Å². The van der Waals surface area contributed by atoms with Gasteiger partial charge in [-0.3, -0.25) is 0 Å². The van der Waals surface area contributed by atoms with Gasteiger partial charge in [0, 0.05) is 12.1 Å². The molecule has 0 aliphatic heterocycles. The first-order valence-corrected chi connectivity index (χ1v) is 7.69. The molecule has 4 heteroatoms. The van der Waals surface area contributed by atoms with Crippen LogP contribution in [0.2, 0.25) is 0 Å². The summed E-state index contributed by atoms with van der Waals surface area (Å²) in [5.41, 5.74) is 3.22. The van der Waals surface area contributed by atoms with E-state index in [0.29, 0.717) is 6.54 Å². The SMILES string of the molecule is CC(C)=C/C(=C(\C)O)c1cccc(CNC(=O)OC(C)(C)C)c1. The molecule has 0 aromatic heterocycles. The van der Waals surface area contributed by atoms with E-state index >= 15 is 0 Å². The molecule has 0 saturated heterocycles. The molecule has 0 aliphatic rings. The number of aliphatic hydroxyl groups excluding tert-OH is 1. The minimum atomic E-state index is -0.515. The smallest absolute Gasteiger partial charge is 0.407 e. The Kier molecular flexibility index (Phi) is 6.43. The highest BCUT2D eigenvalue weighted by molar-refractivity contribution is 5.76. The lowest BCUT2D eigenvalue weighted by Crippen LogP contribution is -2.32. The molecule has 0 unspecified atom stereocenters. The maximum atomic E-state index is 11.7. The molecule has 1 aromatic carbocycles. The minimum absolute atomic E-state index is 0.267. The van der Waals surface area contributed by atoms with Crippen molar-refractivity contribution in [3.05, 3.63) is 52.8 Å². The lowest BCUT2D eigenvalue weighted by atomic mass is 10.0. The fourth-order valence-electron chi connectivity index (χ4n) is 2.02. The molecule has 0 spiro atoms. The van der Waals surface area contributed by atoms with Crippen LogP contribution in [0.5, 0.6) is 0 Å². The summed E-state index contributed by atoms with van der Waals surface area (Å²) < 4.78 is 5.22. The van der Waals surface area contributed by atoms with Crippen LogP contribution in [0.4, 0.5) is 4.79 Å². The molecule has 1 aromatic rings. The molecule has 2 N–H and O–H groups in total. The third-order valence-electron chi connectivity index (χ3n) is 2.90. The molecular formula is C19H27NO3.